The highest BCUT2D eigenvalue weighted by Gasteiger charge is 2.34. The fourth-order valence-electron chi connectivity index (χ4n) is 3.81. The number of halogens is 1. The van der Waals surface area contributed by atoms with E-state index in [0.717, 1.165) is 50.8 Å². The van der Waals surface area contributed by atoms with E-state index in [1.54, 1.807) is 23.4 Å². The summed E-state index contributed by atoms with van der Waals surface area (Å²) in [5.74, 6) is 1.36. The molecule has 3 aromatic rings. The largest absolute Gasteiger partial charge is 0.369 e. The van der Waals surface area contributed by atoms with Crippen LogP contribution in [0.1, 0.15) is 0 Å². The molecule has 0 spiro atoms. The van der Waals surface area contributed by atoms with Crippen molar-refractivity contribution in [3.8, 4) is 5.82 Å². The van der Waals surface area contributed by atoms with E-state index in [2.05, 4.69) is 34.8 Å². The number of aromatic nitrogens is 5. The summed E-state index contributed by atoms with van der Waals surface area (Å²) < 4.78 is 14.7. The van der Waals surface area contributed by atoms with E-state index in [1.165, 1.54) is 18.5 Å². The molecule has 144 valence electrons. The van der Waals surface area contributed by atoms with Crippen LogP contribution in [0.3, 0.4) is 0 Å². The molecular weight excluding hydrogens is 359 g/mol. The molecule has 1 aromatic carbocycles. The van der Waals surface area contributed by atoms with E-state index in [9.17, 15) is 4.39 Å². The molecule has 2 saturated heterocycles. The molecule has 9 heteroatoms. The Labute approximate surface area is 162 Å². The van der Waals surface area contributed by atoms with Crippen molar-refractivity contribution in [1.82, 2.24) is 29.6 Å². The number of nitrogens with zero attached hydrogens (tertiary/aromatic N) is 8. The maximum absolute atomic E-state index is 13.1. The van der Waals surface area contributed by atoms with Gasteiger partial charge < -0.3 is 9.80 Å². The number of benzene rings is 1. The first kappa shape index (κ1) is 17.1. The van der Waals surface area contributed by atoms with Gasteiger partial charge in [0.2, 0.25) is 0 Å². The zero-order valence-corrected chi connectivity index (χ0v) is 15.4. The van der Waals surface area contributed by atoms with Crippen LogP contribution in [0.2, 0.25) is 0 Å². The zero-order chi connectivity index (χ0) is 18.9. The second-order valence-corrected chi connectivity index (χ2v) is 7.13. The number of anilines is 2. The second-order valence-electron chi connectivity index (χ2n) is 7.13. The van der Waals surface area contributed by atoms with Gasteiger partial charge in [0.1, 0.15) is 24.3 Å². The quantitative estimate of drug-likeness (QED) is 0.674. The minimum Gasteiger partial charge on any atom is -0.369 e. The molecule has 0 amide bonds. The van der Waals surface area contributed by atoms with Gasteiger partial charge in [-0.1, -0.05) is 0 Å². The number of hydrogen-bond donors (Lipinski definition) is 0. The van der Waals surface area contributed by atoms with E-state index in [-0.39, 0.29) is 5.82 Å². The van der Waals surface area contributed by atoms with Gasteiger partial charge in [-0.05, 0) is 24.3 Å². The Bertz CT molecular complexity index is 915. The lowest BCUT2D eigenvalue weighted by Gasteiger charge is -2.48. The summed E-state index contributed by atoms with van der Waals surface area (Å²) in [4.78, 5) is 20.0. The van der Waals surface area contributed by atoms with Crippen LogP contribution in [-0.2, 0) is 0 Å². The number of rotatable bonds is 4. The fourth-order valence-corrected chi connectivity index (χ4v) is 3.81. The summed E-state index contributed by atoms with van der Waals surface area (Å²) in [7, 11) is 0. The second kappa shape index (κ2) is 7.16. The van der Waals surface area contributed by atoms with Gasteiger partial charge in [-0.25, -0.2) is 19.0 Å². The molecule has 0 aliphatic carbocycles. The first-order valence-electron chi connectivity index (χ1n) is 9.43. The molecule has 5 rings (SSSR count). The summed E-state index contributed by atoms with van der Waals surface area (Å²) in [6.45, 7) is 5.85. The first-order chi connectivity index (χ1) is 13.8. The third-order valence-corrected chi connectivity index (χ3v) is 5.47. The Morgan fingerprint density at radius 1 is 0.857 bits per heavy atom. The SMILES string of the molecule is Fc1ccc(N2CCN(C3CN(c4cncc(-n5cncn5)n4)C3)CC2)cc1. The molecule has 2 aliphatic heterocycles. The molecule has 2 aliphatic rings. The summed E-state index contributed by atoms with van der Waals surface area (Å²) >= 11 is 0. The van der Waals surface area contributed by atoms with Crippen LogP contribution in [0.15, 0.2) is 49.3 Å². The number of hydrogen-bond acceptors (Lipinski definition) is 7. The molecule has 0 bridgehead atoms. The van der Waals surface area contributed by atoms with Crippen molar-refractivity contribution in [3.63, 3.8) is 0 Å². The van der Waals surface area contributed by atoms with E-state index in [4.69, 9.17) is 0 Å². The summed E-state index contributed by atoms with van der Waals surface area (Å²) in [5.41, 5.74) is 1.09. The van der Waals surface area contributed by atoms with Crippen molar-refractivity contribution in [2.75, 3.05) is 49.1 Å². The van der Waals surface area contributed by atoms with Gasteiger partial charge in [-0.2, -0.15) is 5.10 Å². The lowest BCUT2D eigenvalue weighted by Crippen LogP contribution is -2.63. The van der Waals surface area contributed by atoms with E-state index >= 15 is 0 Å². The van der Waals surface area contributed by atoms with Crippen molar-refractivity contribution in [1.29, 1.82) is 0 Å². The van der Waals surface area contributed by atoms with Crippen molar-refractivity contribution in [3.05, 3.63) is 55.1 Å². The third-order valence-electron chi connectivity index (χ3n) is 5.47. The highest BCUT2D eigenvalue weighted by atomic mass is 19.1. The molecule has 0 unspecified atom stereocenters. The Morgan fingerprint density at radius 2 is 1.61 bits per heavy atom. The van der Waals surface area contributed by atoms with E-state index in [0.29, 0.717) is 11.9 Å². The topological polar surface area (TPSA) is 66.2 Å². The third kappa shape index (κ3) is 3.29. The van der Waals surface area contributed by atoms with Gasteiger partial charge >= 0.3 is 0 Å². The van der Waals surface area contributed by atoms with E-state index < -0.39 is 0 Å². The summed E-state index contributed by atoms with van der Waals surface area (Å²) in [5, 5.41) is 4.11. The zero-order valence-electron chi connectivity index (χ0n) is 15.4. The van der Waals surface area contributed by atoms with Crippen LogP contribution < -0.4 is 9.80 Å². The van der Waals surface area contributed by atoms with Crippen LogP contribution >= 0.6 is 0 Å². The van der Waals surface area contributed by atoms with Crippen LogP contribution in [0.25, 0.3) is 5.82 Å². The molecule has 28 heavy (non-hydrogen) atoms. The van der Waals surface area contributed by atoms with Crippen molar-refractivity contribution < 1.29 is 4.39 Å². The van der Waals surface area contributed by atoms with Gasteiger partial charge in [0.05, 0.1) is 12.4 Å². The maximum atomic E-state index is 13.1. The van der Waals surface area contributed by atoms with Gasteiger partial charge in [0, 0.05) is 51.0 Å². The lowest BCUT2D eigenvalue weighted by molar-refractivity contribution is 0.156. The molecule has 0 radical (unpaired) electrons. The molecule has 0 saturated carbocycles. The van der Waals surface area contributed by atoms with Crippen LogP contribution in [0.5, 0.6) is 0 Å². The first-order valence-corrected chi connectivity index (χ1v) is 9.43. The standard InChI is InChI=1S/C19H21FN8/c20-15-1-3-16(4-2-15)25-5-7-26(8-6-25)17-11-27(12-17)18-9-21-10-19(24-18)28-14-22-13-23-28/h1-4,9-10,13-14,17H,5-8,11-12H2. The molecule has 4 heterocycles. The smallest absolute Gasteiger partial charge is 0.175 e. The Morgan fingerprint density at radius 3 is 2.32 bits per heavy atom. The molecule has 0 N–H and O–H groups in total. The predicted octanol–water partition coefficient (Wildman–Crippen LogP) is 1.21. The highest BCUT2D eigenvalue weighted by molar-refractivity contribution is 5.47. The van der Waals surface area contributed by atoms with Crippen molar-refractivity contribution in [2.45, 2.75) is 6.04 Å². The normalized spacial score (nSPS) is 18.3. The van der Waals surface area contributed by atoms with Crippen molar-refractivity contribution >= 4 is 11.5 Å². The average molecular weight is 380 g/mol. The van der Waals surface area contributed by atoms with E-state index in [1.807, 2.05) is 12.1 Å². The molecular formula is C19H21FN8. The van der Waals surface area contributed by atoms with Crippen LogP contribution in [-0.4, -0.2) is 74.9 Å². The fraction of sp³-hybridized carbons (Fsp3) is 0.368. The van der Waals surface area contributed by atoms with Crippen LogP contribution in [0, 0.1) is 5.82 Å². The Hall–Kier alpha value is -3.07. The maximum Gasteiger partial charge on any atom is 0.175 e. The number of piperazine rings is 1. The Kier molecular flexibility index (Phi) is 4.36. The van der Waals surface area contributed by atoms with Gasteiger partial charge in [0.15, 0.2) is 5.82 Å². The van der Waals surface area contributed by atoms with Gasteiger partial charge in [-0.15, -0.1) is 0 Å². The summed E-state index contributed by atoms with van der Waals surface area (Å²) in [6, 6.07) is 7.31. The van der Waals surface area contributed by atoms with Crippen molar-refractivity contribution in [2.24, 2.45) is 0 Å². The minimum absolute atomic E-state index is 0.187. The molecule has 2 aromatic heterocycles. The molecule has 8 nitrogen and oxygen atoms in total. The molecule has 2 fully saturated rings. The van der Waals surface area contributed by atoms with Gasteiger partial charge in [-0.3, -0.25) is 9.88 Å². The van der Waals surface area contributed by atoms with Crippen LogP contribution in [0.4, 0.5) is 15.9 Å². The molecule has 0 atom stereocenters. The highest BCUT2D eigenvalue weighted by Crippen LogP contribution is 2.24. The van der Waals surface area contributed by atoms with Gasteiger partial charge in [0.25, 0.3) is 0 Å². The lowest BCUT2D eigenvalue weighted by atomic mass is 10.1. The summed E-state index contributed by atoms with van der Waals surface area (Å²) in [6.07, 6.45) is 6.58. The predicted molar refractivity (Wildman–Crippen MR) is 103 cm³/mol. The average Bonchev–Trinajstić information content (AvgIpc) is 3.23. The Balaban J connectivity index is 1.16. The minimum atomic E-state index is -0.187. The monoisotopic (exact) mass is 380 g/mol.